The number of hydrogen-bond donors (Lipinski definition) is 1. The standard InChI is InChI=1S/C13H17ClN2O3S/c1-9(8-20(2,18)19)16-12(17)7-15-13(16)10-3-5-11(14)6-4-10/h3-6,9,13,15H,7-8H2,1-2H3. The van der Waals surface area contributed by atoms with Gasteiger partial charge in [0.2, 0.25) is 5.91 Å². The fraction of sp³-hybridized carbons (Fsp3) is 0.462. The van der Waals surface area contributed by atoms with Crippen molar-refractivity contribution in [1.82, 2.24) is 10.2 Å². The third-order valence-electron chi connectivity index (χ3n) is 3.22. The van der Waals surface area contributed by atoms with Gasteiger partial charge in [-0.2, -0.15) is 0 Å². The maximum Gasteiger partial charge on any atom is 0.238 e. The minimum Gasteiger partial charge on any atom is -0.318 e. The highest BCUT2D eigenvalue weighted by molar-refractivity contribution is 7.90. The van der Waals surface area contributed by atoms with E-state index in [0.717, 1.165) is 5.56 Å². The van der Waals surface area contributed by atoms with Crippen LogP contribution in [0, 0.1) is 0 Å². The van der Waals surface area contributed by atoms with Crippen molar-refractivity contribution in [2.24, 2.45) is 0 Å². The SMILES string of the molecule is CC(CS(C)(=O)=O)N1C(=O)CNC1c1ccc(Cl)cc1. The summed E-state index contributed by atoms with van der Waals surface area (Å²) in [4.78, 5) is 13.6. The van der Waals surface area contributed by atoms with Crippen LogP contribution in [0.4, 0.5) is 0 Å². The highest BCUT2D eigenvalue weighted by Crippen LogP contribution is 2.26. The van der Waals surface area contributed by atoms with E-state index in [-0.39, 0.29) is 30.4 Å². The van der Waals surface area contributed by atoms with Crippen molar-refractivity contribution in [2.45, 2.75) is 19.1 Å². The topological polar surface area (TPSA) is 66.5 Å². The number of amides is 1. The number of nitrogens with one attached hydrogen (secondary N) is 1. The molecule has 0 radical (unpaired) electrons. The molecule has 1 aromatic rings. The van der Waals surface area contributed by atoms with Crippen LogP contribution in [-0.4, -0.2) is 43.8 Å². The minimum absolute atomic E-state index is 0.0511. The van der Waals surface area contributed by atoms with E-state index in [1.165, 1.54) is 6.26 Å². The lowest BCUT2D eigenvalue weighted by molar-refractivity contribution is -0.129. The van der Waals surface area contributed by atoms with Crippen LogP contribution in [0.3, 0.4) is 0 Å². The van der Waals surface area contributed by atoms with E-state index in [9.17, 15) is 13.2 Å². The molecule has 110 valence electrons. The van der Waals surface area contributed by atoms with Gasteiger partial charge in [-0.05, 0) is 24.6 Å². The molecule has 0 spiro atoms. The summed E-state index contributed by atoms with van der Waals surface area (Å²) in [5, 5.41) is 3.72. The molecule has 1 aromatic carbocycles. The molecule has 1 heterocycles. The van der Waals surface area contributed by atoms with Gasteiger partial charge in [-0.15, -0.1) is 0 Å². The quantitative estimate of drug-likeness (QED) is 0.906. The monoisotopic (exact) mass is 316 g/mol. The van der Waals surface area contributed by atoms with Crippen molar-refractivity contribution in [3.05, 3.63) is 34.9 Å². The Bertz CT molecular complexity index is 601. The lowest BCUT2D eigenvalue weighted by Crippen LogP contribution is -2.41. The van der Waals surface area contributed by atoms with Crippen LogP contribution in [-0.2, 0) is 14.6 Å². The molecule has 1 amide bonds. The number of benzene rings is 1. The van der Waals surface area contributed by atoms with Crippen LogP contribution < -0.4 is 5.32 Å². The number of nitrogens with zero attached hydrogens (tertiary/aromatic N) is 1. The van der Waals surface area contributed by atoms with Crippen LogP contribution in [0.2, 0.25) is 5.02 Å². The van der Waals surface area contributed by atoms with E-state index in [1.807, 2.05) is 12.1 Å². The summed E-state index contributed by atoms with van der Waals surface area (Å²) in [6, 6.07) is 6.78. The lowest BCUT2D eigenvalue weighted by atomic mass is 10.1. The van der Waals surface area contributed by atoms with Crippen molar-refractivity contribution in [3.8, 4) is 0 Å². The Morgan fingerprint density at radius 2 is 2.00 bits per heavy atom. The molecule has 20 heavy (non-hydrogen) atoms. The predicted octanol–water partition coefficient (Wildman–Crippen LogP) is 1.20. The minimum atomic E-state index is -3.14. The second-order valence-electron chi connectivity index (χ2n) is 5.08. The zero-order valence-electron chi connectivity index (χ0n) is 11.3. The Morgan fingerprint density at radius 1 is 1.40 bits per heavy atom. The molecular weight excluding hydrogens is 300 g/mol. The molecule has 1 saturated heterocycles. The third-order valence-corrected chi connectivity index (χ3v) is 4.56. The van der Waals surface area contributed by atoms with Crippen molar-refractivity contribution >= 4 is 27.3 Å². The largest absolute Gasteiger partial charge is 0.318 e. The summed E-state index contributed by atoms with van der Waals surface area (Å²) in [5.74, 6) is -0.147. The number of rotatable bonds is 4. The molecule has 1 fully saturated rings. The smallest absolute Gasteiger partial charge is 0.238 e. The zero-order chi connectivity index (χ0) is 14.9. The van der Waals surface area contributed by atoms with E-state index in [2.05, 4.69) is 5.32 Å². The van der Waals surface area contributed by atoms with E-state index < -0.39 is 9.84 Å². The molecule has 2 atom stereocenters. The van der Waals surface area contributed by atoms with Crippen molar-refractivity contribution in [2.75, 3.05) is 18.6 Å². The van der Waals surface area contributed by atoms with Gasteiger partial charge in [0, 0.05) is 17.3 Å². The van der Waals surface area contributed by atoms with Gasteiger partial charge in [0.1, 0.15) is 16.0 Å². The molecular formula is C13H17ClN2O3S. The Kier molecular flexibility index (Phi) is 4.36. The summed E-state index contributed by atoms with van der Waals surface area (Å²) in [5.41, 5.74) is 0.889. The fourth-order valence-corrected chi connectivity index (χ4v) is 3.62. The van der Waals surface area contributed by atoms with E-state index in [0.29, 0.717) is 5.02 Å². The maximum atomic E-state index is 12.0. The van der Waals surface area contributed by atoms with Crippen LogP contribution >= 0.6 is 11.6 Å². The molecule has 1 N–H and O–H groups in total. The number of halogens is 1. The average Bonchev–Trinajstić information content (AvgIpc) is 2.70. The molecule has 2 rings (SSSR count). The molecule has 0 bridgehead atoms. The number of hydrogen-bond acceptors (Lipinski definition) is 4. The van der Waals surface area contributed by atoms with Crippen LogP contribution in [0.1, 0.15) is 18.7 Å². The molecule has 1 aliphatic rings. The molecule has 2 unspecified atom stereocenters. The fourth-order valence-electron chi connectivity index (χ4n) is 2.46. The first kappa shape index (κ1) is 15.3. The number of sulfone groups is 1. The van der Waals surface area contributed by atoms with Crippen molar-refractivity contribution in [1.29, 1.82) is 0 Å². The maximum absolute atomic E-state index is 12.0. The summed E-state index contributed by atoms with van der Waals surface area (Å²) < 4.78 is 22.8. The third kappa shape index (κ3) is 3.50. The van der Waals surface area contributed by atoms with Crippen molar-refractivity contribution in [3.63, 3.8) is 0 Å². The number of carbonyl (C=O) groups excluding carboxylic acids is 1. The van der Waals surface area contributed by atoms with Gasteiger partial charge in [0.15, 0.2) is 0 Å². The first-order valence-electron chi connectivity index (χ1n) is 6.25. The van der Waals surface area contributed by atoms with Crippen LogP contribution in [0.25, 0.3) is 0 Å². The van der Waals surface area contributed by atoms with Gasteiger partial charge in [-0.1, -0.05) is 23.7 Å². The first-order chi connectivity index (χ1) is 9.28. The summed E-state index contributed by atoms with van der Waals surface area (Å²) in [6.07, 6.45) is 0.867. The summed E-state index contributed by atoms with van der Waals surface area (Å²) in [6.45, 7) is 1.95. The van der Waals surface area contributed by atoms with Gasteiger partial charge < -0.3 is 4.90 Å². The predicted molar refractivity (Wildman–Crippen MR) is 78.2 cm³/mol. The Balaban J connectivity index is 2.24. The first-order valence-corrected chi connectivity index (χ1v) is 8.69. The van der Waals surface area contributed by atoms with E-state index in [4.69, 9.17) is 11.6 Å². The van der Waals surface area contributed by atoms with E-state index >= 15 is 0 Å². The molecule has 5 nitrogen and oxygen atoms in total. The zero-order valence-corrected chi connectivity index (χ0v) is 12.9. The average molecular weight is 317 g/mol. The summed E-state index contributed by atoms with van der Waals surface area (Å²) in [7, 11) is -3.14. The Hall–Kier alpha value is -1.11. The van der Waals surface area contributed by atoms with Crippen molar-refractivity contribution < 1.29 is 13.2 Å². The molecule has 1 aliphatic heterocycles. The Labute approximate surface area is 123 Å². The lowest BCUT2D eigenvalue weighted by Gasteiger charge is -2.30. The summed E-state index contributed by atoms with van der Waals surface area (Å²) >= 11 is 5.85. The number of carbonyl (C=O) groups is 1. The Morgan fingerprint density at radius 3 is 2.55 bits per heavy atom. The molecule has 0 saturated carbocycles. The molecule has 0 aliphatic carbocycles. The normalized spacial score (nSPS) is 21.2. The second kappa shape index (κ2) is 5.71. The highest BCUT2D eigenvalue weighted by atomic mass is 35.5. The van der Waals surface area contributed by atoms with E-state index in [1.54, 1.807) is 24.0 Å². The van der Waals surface area contributed by atoms with Gasteiger partial charge in [-0.3, -0.25) is 10.1 Å². The van der Waals surface area contributed by atoms with Gasteiger partial charge in [0.05, 0.1) is 12.3 Å². The molecule has 7 heteroatoms. The highest BCUT2D eigenvalue weighted by Gasteiger charge is 2.35. The van der Waals surface area contributed by atoms with Gasteiger partial charge >= 0.3 is 0 Å². The second-order valence-corrected chi connectivity index (χ2v) is 7.70. The molecule has 0 aromatic heterocycles. The van der Waals surface area contributed by atoms with Gasteiger partial charge in [0.25, 0.3) is 0 Å². The van der Waals surface area contributed by atoms with Crippen LogP contribution in [0.5, 0.6) is 0 Å². The van der Waals surface area contributed by atoms with Gasteiger partial charge in [-0.25, -0.2) is 8.42 Å². The van der Waals surface area contributed by atoms with Crippen LogP contribution in [0.15, 0.2) is 24.3 Å².